The third-order valence-corrected chi connectivity index (χ3v) is 2.91. The van der Waals surface area contributed by atoms with Crippen molar-refractivity contribution >= 4 is 6.08 Å². The molecule has 2 aromatic rings. The van der Waals surface area contributed by atoms with Gasteiger partial charge in [-0.1, -0.05) is 60.7 Å². The van der Waals surface area contributed by atoms with Crippen molar-refractivity contribution in [1.82, 2.24) is 0 Å². The summed E-state index contributed by atoms with van der Waals surface area (Å²) in [5.41, 5.74) is 2.26. The summed E-state index contributed by atoms with van der Waals surface area (Å²) < 4.78 is 5.46. The van der Waals surface area contributed by atoms with Crippen molar-refractivity contribution in [1.29, 1.82) is 0 Å². The van der Waals surface area contributed by atoms with Gasteiger partial charge in [0.1, 0.15) is 6.10 Å². The minimum Gasteiger partial charge on any atom is -0.339 e. The maximum atomic E-state index is 5.46. The Balaban J connectivity index is 1.54. The average molecular weight is 250 g/mol. The van der Waals surface area contributed by atoms with Crippen LogP contribution in [-0.4, -0.2) is 6.23 Å². The van der Waals surface area contributed by atoms with Gasteiger partial charge in [-0.15, -0.1) is 0 Å². The van der Waals surface area contributed by atoms with Gasteiger partial charge in [-0.25, -0.2) is 0 Å². The van der Waals surface area contributed by atoms with Gasteiger partial charge in [0.2, 0.25) is 0 Å². The molecule has 2 aromatic carbocycles. The summed E-state index contributed by atoms with van der Waals surface area (Å²) in [4.78, 5) is 0. The van der Waals surface area contributed by atoms with Crippen molar-refractivity contribution in [3.8, 4) is 0 Å². The van der Waals surface area contributed by atoms with Crippen LogP contribution in [0.5, 0.6) is 0 Å². The van der Waals surface area contributed by atoms with Gasteiger partial charge in [-0.2, -0.15) is 10.2 Å². The second kappa shape index (κ2) is 5.59. The summed E-state index contributed by atoms with van der Waals surface area (Å²) in [6, 6.07) is 20.1. The lowest BCUT2D eigenvalue weighted by molar-refractivity contribution is 0.374. The van der Waals surface area contributed by atoms with Crippen molar-refractivity contribution < 1.29 is 4.74 Å². The van der Waals surface area contributed by atoms with Crippen LogP contribution in [0.3, 0.4) is 0 Å². The first kappa shape index (κ1) is 11.8. The topological polar surface area (TPSA) is 37.2 Å². The molecule has 19 heavy (non-hydrogen) atoms. The summed E-state index contributed by atoms with van der Waals surface area (Å²) in [6.07, 6.45) is 3.54. The molecule has 0 aliphatic carbocycles. The fraction of sp³-hybridized carbons (Fsp3) is 0.125. The Morgan fingerprint density at radius 1 is 0.895 bits per heavy atom. The Bertz CT molecular complexity index is 578. The van der Waals surface area contributed by atoms with Gasteiger partial charge >= 0.3 is 0 Å². The Hall–Kier alpha value is -2.26. The number of hydrogen-bond donors (Lipinski definition) is 0. The van der Waals surface area contributed by atoms with Gasteiger partial charge in [0, 0.05) is 6.20 Å². The Labute approximate surface area is 112 Å². The van der Waals surface area contributed by atoms with Crippen molar-refractivity contribution in [2.75, 3.05) is 0 Å². The Morgan fingerprint density at radius 3 is 2.32 bits per heavy atom. The van der Waals surface area contributed by atoms with Crippen LogP contribution in [0.1, 0.15) is 17.2 Å². The highest BCUT2D eigenvalue weighted by Gasteiger charge is 2.40. The largest absolute Gasteiger partial charge is 0.339 e. The van der Waals surface area contributed by atoms with Crippen molar-refractivity contribution in [3.63, 3.8) is 0 Å². The van der Waals surface area contributed by atoms with E-state index in [2.05, 4.69) is 10.2 Å². The zero-order valence-electron chi connectivity index (χ0n) is 10.4. The number of azo groups is 1. The minimum absolute atomic E-state index is 0.0649. The van der Waals surface area contributed by atoms with Crippen LogP contribution in [-0.2, 0) is 4.74 Å². The molecule has 0 N–H and O–H groups in total. The summed E-state index contributed by atoms with van der Waals surface area (Å²) in [7, 11) is 0. The maximum absolute atomic E-state index is 5.46. The zero-order valence-corrected chi connectivity index (χ0v) is 10.4. The number of nitrogens with zero attached hydrogens (tertiary/aromatic N) is 2. The van der Waals surface area contributed by atoms with E-state index in [0.717, 1.165) is 11.1 Å². The lowest BCUT2D eigenvalue weighted by Gasteiger charge is -1.91. The van der Waals surface area contributed by atoms with Crippen LogP contribution in [0.2, 0.25) is 0 Å². The summed E-state index contributed by atoms with van der Waals surface area (Å²) in [5.74, 6) is 0. The van der Waals surface area contributed by atoms with E-state index in [0.29, 0.717) is 0 Å². The lowest BCUT2D eigenvalue weighted by atomic mass is 10.1. The van der Waals surface area contributed by atoms with Gasteiger partial charge in [-0.3, -0.25) is 0 Å². The van der Waals surface area contributed by atoms with Gasteiger partial charge in [0.05, 0.1) is 0 Å². The molecule has 3 rings (SSSR count). The highest BCUT2D eigenvalue weighted by Crippen LogP contribution is 2.39. The molecule has 0 aromatic heterocycles. The van der Waals surface area contributed by atoms with Gasteiger partial charge < -0.3 is 4.74 Å². The molecule has 1 aliphatic heterocycles. The summed E-state index contributed by atoms with van der Waals surface area (Å²) >= 11 is 0. The number of benzene rings is 2. The first-order valence-corrected chi connectivity index (χ1v) is 6.25. The van der Waals surface area contributed by atoms with Crippen molar-refractivity contribution in [2.45, 2.75) is 12.3 Å². The normalized spacial score (nSPS) is 22.1. The number of hydrogen-bond acceptors (Lipinski definition) is 3. The molecule has 1 heterocycles. The highest BCUT2D eigenvalue weighted by molar-refractivity contribution is 5.48. The first-order chi connectivity index (χ1) is 9.43. The van der Waals surface area contributed by atoms with Crippen LogP contribution in [0.15, 0.2) is 77.1 Å². The average Bonchev–Trinajstić information content (AvgIpc) is 3.25. The molecule has 2 unspecified atom stereocenters. The molecule has 0 saturated carbocycles. The Morgan fingerprint density at radius 2 is 1.58 bits per heavy atom. The Kier molecular flexibility index (Phi) is 3.47. The highest BCUT2D eigenvalue weighted by atomic mass is 16.6. The molecule has 3 nitrogen and oxygen atoms in total. The van der Waals surface area contributed by atoms with E-state index >= 15 is 0 Å². The predicted molar refractivity (Wildman–Crippen MR) is 74.4 cm³/mol. The SMILES string of the molecule is C(=Cc1ccccc1)N=NC1OC1c1ccccc1. The smallest absolute Gasteiger partial charge is 0.200 e. The summed E-state index contributed by atoms with van der Waals surface area (Å²) in [5, 5.41) is 8.15. The number of epoxide rings is 1. The van der Waals surface area contributed by atoms with Crippen LogP contribution in [0, 0.1) is 0 Å². The van der Waals surface area contributed by atoms with E-state index in [1.165, 1.54) is 0 Å². The first-order valence-electron chi connectivity index (χ1n) is 6.25. The van der Waals surface area contributed by atoms with E-state index in [-0.39, 0.29) is 12.3 Å². The molecule has 94 valence electrons. The summed E-state index contributed by atoms with van der Waals surface area (Å²) in [6.45, 7) is 0. The third kappa shape index (κ3) is 3.14. The zero-order chi connectivity index (χ0) is 12.9. The molecule has 1 aliphatic rings. The number of ether oxygens (including phenoxy) is 1. The van der Waals surface area contributed by atoms with E-state index in [1.54, 1.807) is 6.20 Å². The van der Waals surface area contributed by atoms with Crippen molar-refractivity contribution in [2.24, 2.45) is 10.2 Å². The van der Waals surface area contributed by atoms with E-state index in [9.17, 15) is 0 Å². The molecule has 0 bridgehead atoms. The minimum atomic E-state index is -0.136. The lowest BCUT2D eigenvalue weighted by Crippen LogP contribution is -1.82. The second-order valence-electron chi connectivity index (χ2n) is 4.32. The molecule has 0 radical (unpaired) electrons. The molecular formula is C16H14N2O. The molecule has 3 heteroatoms. The third-order valence-electron chi connectivity index (χ3n) is 2.91. The van der Waals surface area contributed by atoms with E-state index in [1.807, 2.05) is 66.7 Å². The van der Waals surface area contributed by atoms with Crippen LogP contribution < -0.4 is 0 Å². The van der Waals surface area contributed by atoms with Gasteiger partial charge in [-0.05, 0) is 17.2 Å². The molecule has 2 atom stereocenters. The monoisotopic (exact) mass is 250 g/mol. The van der Waals surface area contributed by atoms with Crippen LogP contribution >= 0.6 is 0 Å². The fourth-order valence-corrected chi connectivity index (χ4v) is 1.87. The quantitative estimate of drug-likeness (QED) is 0.591. The standard InChI is InChI=1S/C16H14N2O/c1-3-7-13(8-4-1)11-12-17-18-16-15(19-16)14-9-5-2-6-10-14/h1-12,15-16H. The fourth-order valence-electron chi connectivity index (χ4n) is 1.87. The van der Waals surface area contributed by atoms with Crippen LogP contribution in [0.25, 0.3) is 6.08 Å². The molecular weight excluding hydrogens is 236 g/mol. The van der Waals surface area contributed by atoms with Gasteiger partial charge in [0.25, 0.3) is 0 Å². The molecule has 1 saturated heterocycles. The second-order valence-corrected chi connectivity index (χ2v) is 4.32. The molecule has 0 amide bonds. The molecule has 0 spiro atoms. The molecule has 1 fully saturated rings. The van der Waals surface area contributed by atoms with E-state index < -0.39 is 0 Å². The van der Waals surface area contributed by atoms with Crippen molar-refractivity contribution in [3.05, 3.63) is 78.0 Å². The predicted octanol–water partition coefficient (Wildman–Crippen LogP) is 4.21. The van der Waals surface area contributed by atoms with E-state index in [4.69, 9.17) is 4.74 Å². The van der Waals surface area contributed by atoms with Gasteiger partial charge in [0.15, 0.2) is 6.23 Å². The number of rotatable bonds is 4. The maximum Gasteiger partial charge on any atom is 0.200 e. The van der Waals surface area contributed by atoms with Crippen LogP contribution in [0.4, 0.5) is 0 Å².